The molecule has 0 aromatic heterocycles. The zero-order valence-electron chi connectivity index (χ0n) is 26.4. The van der Waals surface area contributed by atoms with E-state index in [1.165, 1.54) is 48.9 Å². The van der Waals surface area contributed by atoms with Crippen molar-refractivity contribution in [1.82, 2.24) is 0 Å². The molecule has 4 rings (SSSR count). The van der Waals surface area contributed by atoms with Gasteiger partial charge in [-0.1, -0.05) is 78.9 Å². The molecule has 2 fully saturated rings. The van der Waals surface area contributed by atoms with Gasteiger partial charge in [-0.05, 0) is 114 Å². The Kier molecular flexibility index (Phi) is 28.9. The van der Waals surface area contributed by atoms with E-state index in [2.05, 4.69) is 79.1 Å². The molecule has 2 aliphatic rings. The predicted octanol–water partition coefficient (Wildman–Crippen LogP) is 6.71. The number of hydrogen-bond acceptors (Lipinski definition) is 6. The summed E-state index contributed by atoms with van der Waals surface area (Å²) in [7, 11) is -8.17. The van der Waals surface area contributed by atoms with Crippen LogP contribution in [0.1, 0.15) is 38.8 Å². The first-order chi connectivity index (χ1) is 19.8. The van der Waals surface area contributed by atoms with E-state index in [0.717, 1.165) is 11.1 Å². The molecule has 45 heavy (non-hydrogen) atoms. The van der Waals surface area contributed by atoms with E-state index in [1.54, 1.807) is 35.6 Å². The largest absolute Gasteiger partial charge is 2.00 e. The monoisotopic (exact) mass is 828 g/mol. The van der Waals surface area contributed by atoms with Gasteiger partial charge in [0, 0.05) is 11.3 Å². The molecule has 2 N–H and O–H groups in total. The van der Waals surface area contributed by atoms with Crippen LogP contribution in [0, 0.1) is 76.5 Å². The minimum absolute atomic E-state index is 0. The standard InChI is InChI=1S/2C9H14P.2C7H8O3S.Fe.H2O.Pd/c2*1-3-10(4-2)9-7-5-6-8-9;2*1-6-2-4-7(5-3-6)11(8,9)10;;;/h2*5-8H,3-4H2,1-2H3;2*2-5H,1H3,(H,8,9,10);;1H2;/q;;;;+2;;+2/p-2. The van der Waals surface area contributed by atoms with Crippen LogP contribution < -0.4 is 0 Å². The second kappa shape index (κ2) is 26.2. The van der Waals surface area contributed by atoms with Crippen molar-refractivity contribution in [3.05, 3.63) is 122 Å². The molecule has 0 aliphatic heterocycles. The molecule has 0 amide bonds. The van der Waals surface area contributed by atoms with Crippen LogP contribution in [0.4, 0.5) is 0 Å². The first-order valence-corrected chi connectivity index (χ1v) is 20.0. The van der Waals surface area contributed by atoms with Crippen LogP contribution in [0.25, 0.3) is 0 Å². The van der Waals surface area contributed by atoms with Crippen molar-refractivity contribution in [1.29, 1.82) is 0 Å². The quantitative estimate of drug-likeness (QED) is 0.164. The Balaban J connectivity index is -0.000000512. The molecule has 2 aromatic carbocycles. The van der Waals surface area contributed by atoms with Crippen molar-refractivity contribution < 1.29 is 68.9 Å². The van der Waals surface area contributed by atoms with Crippen LogP contribution >= 0.6 is 15.8 Å². The third kappa shape index (κ3) is 20.4. The molecule has 10 radical (unpaired) electrons. The van der Waals surface area contributed by atoms with Gasteiger partial charge in [0.15, 0.2) is 0 Å². The molecule has 0 bridgehead atoms. The van der Waals surface area contributed by atoms with Gasteiger partial charge in [0.25, 0.3) is 0 Å². The fourth-order valence-corrected chi connectivity index (χ4v) is 8.22. The molecular weight excluding hydrogens is 785 g/mol. The number of aryl methyl sites for hydroxylation is 2. The fourth-order valence-electron chi connectivity index (χ4n) is 3.74. The summed E-state index contributed by atoms with van der Waals surface area (Å²) in [6.07, 6.45) is 22.9. The molecule has 13 heteroatoms. The zero-order valence-corrected chi connectivity index (χ0v) is 32.5. The normalized spacial score (nSPS) is 14.8. The van der Waals surface area contributed by atoms with Crippen LogP contribution in [-0.2, 0) is 57.7 Å². The van der Waals surface area contributed by atoms with Crippen LogP contribution in [0.15, 0.2) is 58.3 Å². The van der Waals surface area contributed by atoms with E-state index in [9.17, 15) is 25.9 Å². The van der Waals surface area contributed by atoms with E-state index in [-0.39, 0.29) is 68.6 Å². The van der Waals surface area contributed by atoms with Crippen molar-refractivity contribution >= 4 is 36.1 Å². The van der Waals surface area contributed by atoms with Gasteiger partial charge in [0.2, 0.25) is 0 Å². The maximum Gasteiger partial charge on any atom is 2.00 e. The van der Waals surface area contributed by atoms with Crippen LogP contribution in [0.5, 0.6) is 0 Å². The minimum Gasteiger partial charge on any atom is -0.744 e. The van der Waals surface area contributed by atoms with Crippen molar-refractivity contribution in [2.75, 3.05) is 24.6 Å². The molecule has 2 saturated carbocycles. The van der Waals surface area contributed by atoms with Gasteiger partial charge in [0.05, 0.1) is 9.79 Å². The van der Waals surface area contributed by atoms with Gasteiger partial charge in [-0.3, -0.25) is 0 Å². The summed E-state index contributed by atoms with van der Waals surface area (Å²) in [6.45, 7) is 12.8. The Labute approximate surface area is 301 Å². The van der Waals surface area contributed by atoms with Crippen molar-refractivity contribution in [3.8, 4) is 0 Å². The first kappa shape index (κ1) is 49.6. The fraction of sp³-hybridized carbons (Fsp3) is 0.312. The Morgan fingerprint density at radius 2 is 0.756 bits per heavy atom. The van der Waals surface area contributed by atoms with E-state index in [0.29, 0.717) is 0 Å². The molecule has 0 spiro atoms. The molecule has 0 unspecified atom stereocenters. The number of benzene rings is 2. The van der Waals surface area contributed by atoms with Gasteiger partial charge in [-0.25, -0.2) is 16.8 Å². The smallest absolute Gasteiger partial charge is 0.744 e. The second-order valence-electron chi connectivity index (χ2n) is 9.17. The Hall–Kier alpha value is 0.262. The molecule has 2 aromatic rings. The van der Waals surface area contributed by atoms with Crippen LogP contribution in [0.2, 0.25) is 0 Å². The predicted molar refractivity (Wildman–Crippen MR) is 179 cm³/mol. The van der Waals surface area contributed by atoms with Gasteiger partial charge in [-0.2, -0.15) is 0 Å². The van der Waals surface area contributed by atoms with E-state index >= 15 is 0 Å². The van der Waals surface area contributed by atoms with Crippen LogP contribution in [0.3, 0.4) is 0 Å². The number of rotatable bonds is 8. The average Bonchev–Trinajstić information content (AvgIpc) is 3.67. The summed E-state index contributed by atoms with van der Waals surface area (Å²) in [5.41, 5.74) is 5.00. The summed E-state index contributed by atoms with van der Waals surface area (Å²) in [5.74, 6) is 0. The molecular formula is C32H44FeO7P2PdS2+2. The van der Waals surface area contributed by atoms with Crippen LogP contribution in [-0.4, -0.2) is 56.1 Å². The van der Waals surface area contributed by atoms with Gasteiger partial charge >= 0.3 is 37.5 Å². The Bertz CT molecular complexity index is 1120. The second-order valence-corrected chi connectivity index (χ2v) is 17.6. The maximum atomic E-state index is 10.4. The molecule has 0 atom stereocenters. The zero-order chi connectivity index (χ0) is 31.8. The van der Waals surface area contributed by atoms with E-state index < -0.39 is 20.2 Å². The van der Waals surface area contributed by atoms with Gasteiger partial charge < -0.3 is 14.6 Å². The van der Waals surface area contributed by atoms with Gasteiger partial charge in [0.1, 0.15) is 20.2 Å². The van der Waals surface area contributed by atoms with E-state index in [4.69, 9.17) is 0 Å². The Morgan fingerprint density at radius 1 is 0.533 bits per heavy atom. The van der Waals surface area contributed by atoms with Crippen molar-refractivity contribution in [2.45, 2.75) is 51.3 Å². The molecule has 7 nitrogen and oxygen atoms in total. The van der Waals surface area contributed by atoms with E-state index in [1.807, 2.05) is 13.8 Å². The summed E-state index contributed by atoms with van der Waals surface area (Å²) < 4.78 is 62.3. The first-order valence-electron chi connectivity index (χ1n) is 13.7. The summed E-state index contributed by atoms with van der Waals surface area (Å²) >= 11 is 0. The summed E-state index contributed by atoms with van der Waals surface area (Å²) in [5, 5.41) is 0. The minimum atomic E-state index is -4.27. The molecule has 0 saturated heterocycles. The third-order valence-electron chi connectivity index (χ3n) is 6.17. The topological polar surface area (TPSA) is 146 Å². The molecule has 2 aliphatic carbocycles. The maximum absolute atomic E-state index is 10.4. The molecule has 252 valence electrons. The summed E-state index contributed by atoms with van der Waals surface area (Å²) in [6, 6.07) is 11.6. The van der Waals surface area contributed by atoms with Gasteiger partial charge in [-0.15, -0.1) is 0 Å². The summed E-state index contributed by atoms with van der Waals surface area (Å²) in [4.78, 5) is -0.355. The average molecular weight is 829 g/mol. The number of hydrogen-bond donors (Lipinski definition) is 0. The third-order valence-corrected chi connectivity index (χ3v) is 13.0. The molecule has 0 heterocycles. The SMILES string of the molecule is CCP(CC)[C]1[CH][CH][CH][CH]1.CCP(CC)[C]1[CH][CH][CH][CH]1.Cc1ccc(S(=O)(=O)[O-])cc1.Cc1ccc(S(=O)(=O)[O-])cc1.O.[Fe+2].[Pd+2]. The Morgan fingerprint density at radius 3 is 0.933 bits per heavy atom. The van der Waals surface area contributed by atoms with Crippen molar-refractivity contribution in [2.24, 2.45) is 0 Å². The van der Waals surface area contributed by atoms with Crippen molar-refractivity contribution in [3.63, 3.8) is 0 Å².